The molecule has 0 aromatic heterocycles. The van der Waals surface area contributed by atoms with E-state index in [0.29, 0.717) is 35.4 Å². The molecule has 1 aliphatic carbocycles. The molecule has 1 atom stereocenters. The molecule has 1 amide bonds. The van der Waals surface area contributed by atoms with E-state index in [1.165, 1.54) is 17.5 Å². The largest absolute Gasteiger partial charge is 0.404 e. The number of halogens is 1. The molecule has 2 aromatic carbocycles. The van der Waals surface area contributed by atoms with Crippen LogP contribution in [0.5, 0.6) is 0 Å². The molecule has 50 heavy (non-hydrogen) atoms. The zero-order valence-corrected chi connectivity index (χ0v) is 29.2. The summed E-state index contributed by atoms with van der Waals surface area (Å²) in [5, 5.41) is 6.71. The summed E-state index contributed by atoms with van der Waals surface area (Å²) in [6.45, 7) is 10.4. The van der Waals surface area contributed by atoms with Gasteiger partial charge in [-0.1, -0.05) is 36.8 Å². The number of hydrazine groups is 1. The fourth-order valence-electron chi connectivity index (χ4n) is 6.83. The lowest BCUT2D eigenvalue weighted by Gasteiger charge is -2.39. The van der Waals surface area contributed by atoms with Gasteiger partial charge >= 0.3 is 0 Å². The first-order chi connectivity index (χ1) is 24.1. The van der Waals surface area contributed by atoms with E-state index in [0.717, 1.165) is 65.5 Å². The van der Waals surface area contributed by atoms with E-state index in [1.807, 2.05) is 56.5 Å². The van der Waals surface area contributed by atoms with Crippen LogP contribution in [0.15, 0.2) is 125 Å². The van der Waals surface area contributed by atoms with Crippen LogP contribution in [0.3, 0.4) is 0 Å². The maximum atomic E-state index is 16.0. The summed E-state index contributed by atoms with van der Waals surface area (Å²) < 4.78 is 16.0. The molecule has 0 saturated carbocycles. The van der Waals surface area contributed by atoms with Gasteiger partial charge in [-0.05, 0) is 80.6 Å². The van der Waals surface area contributed by atoms with Crippen LogP contribution in [0.1, 0.15) is 54.2 Å². The number of fused-ring (bicyclic) bond motifs is 1. The molecular weight excluding hydrogens is 627 g/mol. The Bertz CT molecular complexity index is 1900. The van der Waals surface area contributed by atoms with Gasteiger partial charge in [0, 0.05) is 114 Å². The minimum absolute atomic E-state index is 0.0919. The van der Waals surface area contributed by atoms with Crippen LogP contribution in [0.4, 0.5) is 4.39 Å². The molecule has 4 aliphatic rings. The van der Waals surface area contributed by atoms with Crippen molar-refractivity contribution in [1.29, 1.82) is 0 Å². The molecule has 0 spiro atoms. The first kappa shape index (κ1) is 34.5. The molecular formula is C40H47FN8O. The lowest BCUT2D eigenvalue weighted by atomic mass is 9.86. The summed E-state index contributed by atoms with van der Waals surface area (Å²) in [4.78, 5) is 17.9. The van der Waals surface area contributed by atoms with Crippen molar-refractivity contribution in [1.82, 2.24) is 31.3 Å². The number of rotatable bonds is 7. The molecule has 9 nitrogen and oxygen atoms in total. The number of likely N-dealkylation sites (N-methyl/N-ethyl adjacent to an activating group) is 1. The van der Waals surface area contributed by atoms with Crippen LogP contribution in [-0.2, 0) is 6.54 Å². The molecule has 1 unspecified atom stereocenters. The Kier molecular flexibility index (Phi) is 10.4. The van der Waals surface area contributed by atoms with Gasteiger partial charge in [0.15, 0.2) is 0 Å². The SMILES string of the molecule is CC(C)=C/C(=C\C(=C/N)c1cc2c(cc1F)CNNC=C2C1=CC(C)C2=C(CC(N)=CC=C2N2CCN(C)CC2)N1)NC(=O)c1ccccc1. The molecule has 1 fully saturated rings. The molecule has 8 N–H and O–H groups in total. The number of amides is 1. The van der Waals surface area contributed by atoms with Crippen molar-refractivity contribution in [3.8, 4) is 0 Å². The second-order valence-corrected chi connectivity index (χ2v) is 13.5. The fraction of sp³-hybridized carbons (Fsp3) is 0.275. The maximum absolute atomic E-state index is 16.0. The van der Waals surface area contributed by atoms with Gasteiger partial charge in [-0.2, -0.15) is 0 Å². The number of hydrogen-bond donors (Lipinski definition) is 6. The Labute approximate surface area is 294 Å². The predicted molar refractivity (Wildman–Crippen MR) is 199 cm³/mol. The first-order valence-electron chi connectivity index (χ1n) is 17.1. The highest BCUT2D eigenvalue weighted by Gasteiger charge is 2.30. The van der Waals surface area contributed by atoms with E-state index >= 15 is 4.39 Å². The van der Waals surface area contributed by atoms with Crippen molar-refractivity contribution < 1.29 is 9.18 Å². The lowest BCUT2D eigenvalue weighted by Crippen LogP contribution is -2.44. The summed E-state index contributed by atoms with van der Waals surface area (Å²) in [6.07, 6.45) is 13.9. The second-order valence-electron chi connectivity index (χ2n) is 13.5. The van der Waals surface area contributed by atoms with Crippen LogP contribution in [-0.4, -0.2) is 48.9 Å². The normalized spacial score (nSPS) is 20.0. The number of carbonyl (C=O) groups is 1. The van der Waals surface area contributed by atoms with Crippen molar-refractivity contribution in [2.24, 2.45) is 17.4 Å². The van der Waals surface area contributed by atoms with Gasteiger partial charge in [-0.15, -0.1) is 0 Å². The smallest absolute Gasteiger partial charge is 0.255 e. The number of carbonyl (C=O) groups excluding carboxylic acids is 1. The molecule has 1 saturated heterocycles. The van der Waals surface area contributed by atoms with Crippen molar-refractivity contribution in [2.45, 2.75) is 33.7 Å². The zero-order chi connectivity index (χ0) is 35.4. The highest BCUT2D eigenvalue weighted by molar-refractivity contribution is 5.96. The number of nitrogens with two attached hydrogens (primary N) is 2. The minimum atomic E-state index is -0.418. The molecule has 6 rings (SSSR count). The van der Waals surface area contributed by atoms with E-state index in [9.17, 15) is 4.79 Å². The number of hydrogen-bond acceptors (Lipinski definition) is 8. The van der Waals surface area contributed by atoms with Crippen molar-refractivity contribution in [2.75, 3.05) is 33.2 Å². The number of nitrogens with one attached hydrogen (secondary N) is 4. The van der Waals surface area contributed by atoms with Crippen LogP contribution in [0.25, 0.3) is 11.1 Å². The van der Waals surface area contributed by atoms with Crippen LogP contribution in [0, 0.1) is 11.7 Å². The van der Waals surface area contributed by atoms with E-state index < -0.39 is 5.82 Å². The molecule has 0 bridgehead atoms. The summed E-state index contributed by atoms with van der Waals surface area (Å²) in [6, 6.07) is 12.4. The summed E-state index contributed by atoms with van der Waals surface area (Å²) in [5.74, 6) is -0.597. The van der Waals surface area contributed by atoms with Gasteiger partial charge in [0.25, 0.3) is 5.91 Å². The Morgan fingerprint density at radius 1 is 1.06 bits per heavy atom. The summed E-state index contributed by atoms with van der Waals surface area (Å²) >= 11 is 0. The maximum Gasteiger partial charge on any atom is 0.255 e. The molecule has 3 aliphatic heterocycles. The average molecular weight is 675 g/mol. The highest BCUT2D eigenvalue weighted by Crippen LogP contribution is 2.39. The molecule has 260 valence electrons. The quantitative estimate of drug-likeness (QED) is 0.224. The zero-order valence-electron chi connectivity index (χ0n) is 29.2. The number of piperazine rings is 1. The van der Waals surface area contributed by atoms with E-state index in [-0.39, 0.29) is 11.8 Å². The van der Waals surface area contributed by atoms with Crippen LogP contribution >= 0.6 is 0 Å². The monoisotopic (exact) mass is 674 g/mol. The number of dihydropyridines is 1. The standard InChI is InChI=1S/C40H47FN8O/c1-25(2)16-31(46-40(50)27-8-6-5-7-9-27)18-28(22-42)33-21-32-29(19-35(33)41)23-44-45-24-34(32)36-17-26(3)39-37(47-36)20-30(43)10-11-38(39)49-14-12-48(4)13-15-49/h5-11,16-19,21-22,24,26,44-45,47H,12-15,20,23,42-43H2,1-4H3,(H,46,50)/b28-22+,31-18+. The molecule has 10 heteroatoms. The van der Waals surface area contributed by atoms with Gasteiger partial charge in [-0.3, -0.25) is 4.79 Å². The Hall–Kier alpha value is -5.32. The van der Waals surface area contributed by atoms with Crippen molar-refractivity contribution in [3.05, 3.63) is 153 Å². The summed E-state index contributed by atoms with van der Waals surface area (Å²) in [7, 11) is 2.16. The van der Waals surface area contributed by atoms with Gasteiger partial charge in [0.05, 0.1) is 0 Å². The minimum Gasteiger partial charge on any atom is -0.404 e. The van der Waals surface area contributed by atoms with E-state index in [1.54, 1.807) is 24.3 Å². The number of benzene rings is 2. The molecule has 0 radical (unpaired) electrons. The second kappa shape index (κ2) is 15.1. The van der Waals surface area contributed by atoms with Gasteiger partial charge in [-0.25, -0.2) is 9.82 Å². The van der Waals surface area contributed by atoms with E-state index in [2.05, 4.69) is 57.4 Å². The van der Waals surface area contributed by atoms with Crippen LogP contribution in [0.2, 0.25) is 0 Å². The lowest BCUT2D eigenvalue weighted by molar-refractivity contribution is 0.0967. The first-order valence-corrected chi connectivity index (χ1v) is 17.1. The van der Waals surface area contributed by atoms with Gasteiger partial charge in [0.2, 0.25) is 0 Å². The van der Waals surface area contributed by atoms with Crippen molar-refractivity contribution in [3.63, 3.8) is 0 Å². The van der Waals surface area contributed by atoms with Crippen LogP contribution < -0.4 is 33.0 Å². The Balaban J connectivity index is 1.35. The highest BCUT2D eigenvalue weighted by atomic mass is 19.1. The van der Waals surface area contributed by atoms with Gasteiger partial charge < -0.3 is 37.3 Å². The molecule has 3 heterocycles. The summed E-state index contributed by atoms with van der Waals surface area (Å²) in [5.41, 5.74) is 29.5. The third-order valence-corrected chi connectivity index (χ3v) is 9.35. The van der Waals surface area contributed by atoms with Gasteiger partial charge in [0.1, 0.15) is 5.82 Å². The fourth-order valence-corrected chi connectivity index (χ4v) is 6.83. The average Bonchev–Trinajstić information content (AvgIpc) is 3.40. The third-order valence-electron chi connectivity index (χ3n) is 9.35. The Morgan fingerprint density at radius 3 is 2.54 bits per heavy atom. The third kappa shape index (κ3) is 7.61. The predicted octanol–water partition coefficient (Wildman–Crippen LogP) is 5.11. The Morgan fingerprint density at radius 2 is 1.82 bits per heavy atom. The van der Waals surface area contributed by atoms with E-state index in [4.69, 9.17) is 11.5 Å². The molecule has 2 aromatic rings. The topological polar surface area (TPSA) is 124 Å². The number of allylic oxidation sites excluding steroid dienone is 9. The number of nitrogens with zero attached hydrogens (tertiary/aromatic N) is 2. The van der Waals surface area contributed by atoms with Crippen molar-refractivity contribution >= 4 is 17.1 Å².